The third kappa shape index (κ3) is 3.87. The van der Waals surface area contributed by atoms with Crippen molar-refractivity contribution in [2.75, 3.05) is 12.4 Å². The molecule has 6 nitrogen and oxygen atoms in total. The highest BCUT2D eigenvalue weighted by Gasteiger charge is 2.14. The number of hydrogen-bond donors (Lipinski definition) is 1. The van der Waals surface area contributed by atoms with Gasteiger partial charge in [-0.25, -0.2) is 4.39 Å². The van der Waals surface area contributed by atoms with Crippen LogP contribution in [-0.4, -0.2) is 28.0 Å². The fourth-order valence-corrected chi connectivity index (χ4v) is 3.41. The van der Waals surface area contributed by atoms with Crippen LogP contribution in [0.1, 0.15) is 10.4 Å². The number of nitrogens with zero attached hydrogens (tertiary/aromatic N) is 3. The SMILES string of the molecule is COc1c(Cl)cc(C(=O)Nc2ccc3nn(-c4ccc(F)cc4)nc3c2)cc1Cl. The van der Waals surface area contributed by atoms with Crippen molar-refractivity contribution in [2.24, 2.45) is 0 Å². The quantitative estimate of drug-likeness (QED) is 0.487. The minimum Gasteiger partial charge on any atom is -0.494 e. The van der Waals surface area contributed by atoms with E-state index in [1.165, 1.54) is 36.2 Å². The molecule has 29 heavy (non-hydrogen) atoms. The van der Waals surface area contributed by atoms with Crippen LogP contribution < -0.4 is 10.1 Å². The molecule has 0 saturated heterocycles. The number of methoxy groups -OCH3 is 1. The van der Waals surface area contributed by atoms with E-state index in [9.17, 15) is 9.18 Å². The van der Waals surface area contributed by atoms with Crippen LogP contribution in [0.2, 0.25) is 10.0 Å². The van der Waals surface area contributed by atoms with E-state index in [-0.39, 0.29) is 27.3 Å². The summed E-state index contributed by atoms with van der Waals surface area (Å²) < 4.78 is 18.2. The van der Waals surface area contributed by atoms with Crippen molar-refractivity contribution in [1.29, 1.82) is 0 Å². The lowest BCUT2D eigenvalue weighted by molar-refractivity contribution is 0.102. The molecule has 0 aliphatic rings. The molecule has 1 N–H and O–H groups in total. The van der Waals surface area contributed by atoms with E-state index in [4.69, 9.17) is 27.9 Å². The maximum absolute atomic E-state index is 13.1. The number of hydrogen-bond acceptors (Lipinski definition) is 4. The molecule has 1 aromatic heterocycles. The van der Waals surface area contributed by atoms with Gasteiger partial charge in [-0.15, -0.1) is 10.2 Å². The molecule has 3 aromatic carbocycles. The summed E-state index contributed by atoms with van der Waals surface area (Å²) in [6, 6.07) is 13.9. The Hall–Kier alpha value is -3.16. The topological polar surface area (TPSA) is 69.0 Å². The molecule has 0 saturated carbocycles. The fraction of sp³-hybridized carbons (Fsp3) is 0.0500. The zero-order chi connectivity index (χ0) is 20.5. The Morgan fingerprint density at radius 3 is 2.31 bits per heavy atom. The van der Waals surface area contributed by atoms with Crippen molar-refractivity contribution in [2.45, 2.75) is 0 Å². The number of ether oxygens (including phenoxy) is 1. The van der Waals surface area contributed by atoms with Crippen LogP contribution in [0.15, 0.2) is 54.6 Å². The Morgan fingerprint density at radius 1 is 1.00 bits per heavy atom. The van der Waals surface area contributed by atoms with E-state index >= 15 is 0 Å². The number of rotatable bonds is 4. The molecule has 1 amide bonds. The first-order valence-corrected chi connectivity index (χ1v) is 9.17. The van der Waals surface area contributed by atoms with Gasteiger partial charge in [-0.1, -0.05) is 23.2 Å². The number of carbonyl (C=O) groups is 1. The predicted octanol–water partition coefficient (Wildman–Crippen LogP) is 5.13. The highest BCUT2D eigenvalue weighted by molar-refractivity contribution is 6.37. The molecule has 0 bridgehead atoms. The number of aromatic nitrogens is 3. The number of amides is 1. The second kappa shape index (κ2) is 7.69. The highest BCUT2D eigenvalue weighted by atomic mass is 35.5. The first kappa shape index (κ1) is 19.2. The smallest absolute Gasteiger partial charge is 0.255 e. The van der Waals surface area contributed by atoms with Crippen molar-refractivity contribution >= 4 is 45.8 Å². The Morgan fingerprint density at radius 2 is 1.66 bits per heavy atom. The Kier molecular flexibility index (Phi) is 5.08. The third-order valence-electron chi connectivity index (χ3n) is 4.16. The van der Waals surface area contributed by atoms with Gasteiger partial charge in [0.1, 0.15) is 16.9 Å². The van der Waals surface area contributed by atoms with Crippen molar-refractivity contribution < 1.29 is 13.9 Å². The average molecular weight is 431 g/mol. The number of nitrogens with one attached hydrogen (secondary N) is 1. The summed E-state index contributed by atoms with van der Waals surface area (Å²) in [6.07, 6.45) is 0. The van der Waals surface area contributed by atoms with Gasteiger partial charge in [-0.3, -0.25) is 4.79 Å². The highest BCUT2D eigenvalue weighted by Crippen LogP contribution is 2.34. The van der Waals surface area contributed by atoms with E-state index in [0.29, 0.717) is 28.2 Å². The van der Waals surface area contributed by atoms with E-state index < -0.39 is 0 Å². The fourth-order valence-electron chi connectivity index (χ4n) is 2.77. The summed E-state index contributed by atoms with van der Waals surface area (Å²) in [6.45, 7) is 0. The van der Waals surface area contributed by atoms with Gasteiger partial charge in [0.15, 0.2) is 5.75 Å². The summed E-state index contributed by atoms with van der Waals surface area (Å²) >= 11 is 12.2. The molecule has 4 aromatic rings. The second-order valence-electron chi connectivity index (χ2n) is 6.10. The molecule has 146 valence electrons. The van der Waals surface area contributed by atoms with E-state index in [2.05, 4.69) is 15.5 Å². The lowest BCUT2D eigenvalue weighted by atomic mass is 10.2. The van der Waals surface area contributed by atoms with E-state index in [0.717, 1.165) is 0 Å². The van der Waals surface area contributed by atoms with Gasteiger partial charge in [0.25, 0.3) is 5.91 Å². The maximum Gasteiger partial charge on any atom is 0.255 e. The van der Waals surface area contributed by atoms with Gasteiger partial charge in [-0.2, -0.15) is 4.80 Å². The standard InChI is InChI=1S/C20H13Cl2FN4O2/c1-29-19-15(21)8-11(9-16(19)22)20(28)24-13-4-7-17-18(10-13)26-27(25-17)14-5-2-12(23)3-6-14/h2-10H,1H3,(H,24,28). The first-order chi connectivity index (χ1) is 13.9. The van der Waals surface area contributed by atoms with Crippen molar-refractivity contribution in [1.82, 2.24) is 15.0 Å². The van der Waals surface area contributed by atoms with Gasteiger partial charge in [0.05, 0.1) is 22.8 Å². The maximum atomic E-state index is 13.1. The lowest BCUT2D eigenvalue weighted by Crippen LogP contribution is -2.12. The number of fused-ring (bicyclic) bond motifs is 1. The predicted molar refractivity (Wildman–Crippen MR) is 110 cm³/mol. The summed E-state index contributed by atoms with van der Waals surface area (Å²) in [7, 11) is 1.45. The minimum atomic E-state index is -0.387. The average Bonchev–Trinajstić information content (AvgIpc) is 3.11. The largest absolute Gasteiger partial charge is 0.494 e. The summed E-state index contributed by atoms with van der Waals surface area (Å²) in [5, 5.41) is 12.0. The van der Waals surface area contributed by atoms with E-state index in [1.807, 2.05) is 0 Å². The lowest BCUT2D eigenvalue weighted by Gasteiger charge is -2.09. The Labute approximate surface area is 174 Å². The molecule has 0 fully saturated rings. The molecule has 0 radical (unpaired) electrons. The molecule has 0 aliphatic carbocycles. The van der Waals surface area contributed by atoms with Gasteiger partial charge in [0, 0.05) is 11.3 Å². The second-order valence-corrected chi connectivity index (χ2v) is 6.91. The molecule has 0 aliphatic heterocycles. The van der Waals surface area contributed by atoms with Gasteiger partial charge in [-0.05, 0) is 54.6 Å². The summed E-state index contributed by atoms with van der Waals surface area (Å²) in [4.78, 5) is 14.0. The molecular formula is C20H13Cl2FN4O2. The van der Waals surface area contributed by atoms with Crippen molar-refractivity contribution in [3.05, 3.63) is 76.0 Å². The normalized spacial score (nSPS) is 10.9. The van der Waals surface area contributed by atoms with Crippen LogP contribution >= 0.6 is 23.2 Å². The van der Waals surface area contributed by atoms with Crippen LogP contribution in [0, 0.1) is 5.82 Å². The Bertz CT molecular complexity index is 1200. The number of halogens is 3. The minimum absolute atomic E-state index is 0.239. The molecule has 1 heterocycles. The van der Waals surface area contributed by atoms with Crippen molar-refractivity contribution in [3.63, 3.8) is 0 Å². The molecule has 9 heteroatoms. The zero-order valence-corrected chi connectivity index (χ0v) is 16.5. The summed E-state index contributed by atoms with van der Waals surface area (Å²) in [5.41, 5.74) is 2.63. The molecular weight excluding hydrogens is 418 g/mol. The van der Waals surface area contributed by atoms with E-state index in [1.54, 1.807) is 30.3 Å². The molecule has 0 atom stereocenters. The van der Waals surface area contributed by atoms with Gasteiger partial charge < -0.3 is 10.1 Å². The zero-order valence-electron chi connectivity index (χ0n) is 15.0. The summed E-state index contributed by atoms with van der Waals surface area (Å²) in [5.74, 6) is -0.417. The molecule has 0 unspecified atom stereocenters. The monoisotopic (exact) mass is 430 g/mol. The third-order valence-corrected chi connectivity index (χ3v) is 4.72. The number of benzene rings is 3. The number of anilines is 1. The first-order valence-electron chi connectivity index (χ1n) is 8.42. The van der Waals surface area contributed by atoms with Gasteiger partial charge in [0.2, 0.25) is 0 Å². The van der Waals surface area contributed by atoms with Crippen LogP contribution in [0.3, 0.4) is 0 Å². The van der Waals surface area contributed by atoms with Crippen LogP contribution in [0.5, 0.6) is 5.75 Å². The van der Waals surface area contributed by atoms with Crippen LogP contribution in [0.25, 0.3) is 16.7 Å². The van der Waals surface area contributed by atoms with Crippen LogP contribution in [0.4, 0.5) is 10.1 Å². The van der Waals surface area contributed by atoms with Crippen molar-refractivity contribution in [3.8, 4) is 11.4 Å². The molecule has 0 spiro atoms. The van der Waals surface area contributed by atoms with Gasteiger partial charge >= 0.3 is 0 Å². The number of carbonyl (C=O) groups excluding carboxylic acids is 1. The van der Waals surface area contributed by atoms with Crippen LogP contribution in [-0.2, 0) is 0 Å². The molecule has 4 rings (SSSR count). The Balaban J connectivity index is 1.60.